The summed E-state index contributed by atoms with van der Waals surface area (Å²) >= 11 is 1.04. The van der Waals surface area contributed by atoms with Crippen molar-refractivity contribution in [1.29, 1.82) is 0 Å². The van der Waals surface area contributed by atoms with Crippen molar-refractivity contribution in [2.24, 2.45) is 0 Å². The summed E-state index contributed by atoms with van der Waals surface area (Å²) in [5.41, 5.74) is 0.413. The van der Waals surface area contributed by atoms with Crippen molar-refractivity contribution >= 4 is 41.2 Å². The van der Waals surface area contributed by atoms with Crippen LogP contribution in [0.1, 0.15) is 27.1 Å². The van der Waals surface area contributed by atoms with E-state index in [-0.39, 0.29) is 17.5 Å². The number of anilines is 1. The maximum Gasteiger partial charge on any atom is 0.336 e. The number of amides is 2. The van der Waals surface area contributed by atoms with Crippen molar-refractivity contribution in [3.8, 4) is 0 Å². The van der Waals surface area contributed by atoms with Crippen LogP contribution in [0.25, 0.3) is 0 Å². The van der Waals surface area contributed by atoms with E-state index in [0.717, 1.165) is 16.7 Å². The van der Waals surface area contributed by atoms with Gasteiger partial charge in [0, 0.05) is 11.3 Å². The van der Waals surface area contributed by atoms with Crippen LogP contribution < -0.4 is 4.90 Å². The summed E-state index contributed by atoms with van der Waals surface area (Å²) in [6.45, 7) is 0. The molecule has 2 N–H and O–H groups in total. The molecule has 1 fully saturated rings. The average molecular weight is 371 g/mol. The minimum atomic E-state index is -1.11. The highest BCUT2D eigenvalue weighted by molar-refractivity contribution is 8.00. The maximum atomic E-state index is 12.6. The highest BCUT2D eigenvalue weighted by Gasteiger charge is 2.40. The molecule has 26 heavy (non-hydrogen) atoms. The SMILES string of the molecule is O=C(O)c1ccc(N2C(=O)CC(Sc3ccccc3C(=O)O)C2=O)cc1. The van der Waals surface area contributed by atoms with Gasteiger partial charge in [0.25, 0.3) is 0 Å². The second-order valence-electron chi connectivity index (χ2n) is 5.53. The van der Waals surface area contributed by atoms with Crippen molar-refractivity contribution in [2.45, 2.75) is 16.6 Å². The lowest BCUT2D eigenvalue weighted by atomic mass is 10.2. The lowest BCUT2D eigenvalue weighted by Crippen LogP contribution is -2.31. The molecule has 1 aliphatic rings. The molecule has 2 aromatic rings. The van der Waals surface area contributed by atoms with Gasteiger partial charge in [-0.2, -0.15) is 0 Å². The first-order valence-corrected chi connectivity index (χ1v) is 8.45. The van der Waals surface area contributed by atoms with Gasteiger partial charge in [-0.15, -0.1) is 11.8 Å². The van der Waals surface area contributed by atoms with E-state index in [1.807, 2.05) is 0 Å². The molecule has 1 unspecified atom stereocenters. The largest absolute Gasteiger partial charge is 0.478 e. The Kier molecular flexibility index (Phi) is 4.77. The predicted molar refractivity (Wildman–Crippen MR) is 93.6 cm³/mol. The van der Waals surface area contributed by atoms with E-state index in [0.29, 0.717) is 10.6 Å². The normalized spacial score (nSPS) is 16.8. The molecule has 0 bridgehead atoms. The summed E-state index contributed by atoms with van der Waals surface area (Å²) in [4.78, 5) is 48.5. The third kappa shape index (κ3) is 3.31. The monoisotopic (exact) mass is 371 g/mol. The van der Waals surface area contributed by atoms with Gasteiger partial charge in [0.05, 0.1) is 22.1 Å². The van der Waals surface area contributed by atoms with Crippen molar-refractivity contribution in [3.05, 3.63) is 59.7 Å². The quantitative estimate of drug-likeness (QED) is 0.777. The van der Waals surface area contributed by atoms with Crippen LogP contribution in [0.4, 0.5) is 5.69 Å². The molecular weight excluding hydrogens is 358 g/mol. The van der Waals surface area contributed by atoms with Gasteiger partial charge in [0.1, 0.15) is 0 Å². The van der Waals surface area contributed by atoms with E-state index in [2.05, 4.69) is 0 Å². The Balaban J connectivity index is 1.83. The first-order chi connectivity index (χ1) is 12.4. The second-order valence-corrected chi connectivity index (χ2v) is 6.78. The molecule has 1 aliphatic heterocycles. The zero-order chi connectivity index (χ0) is 18.8. The van der Waals surface area contributed by atoms with Crippen LogP contribution in [0.3, 0.4) is 0 Å². The molecule has 7 nitrogen and oxygen atoms in total. The number of benzene rings is 2. The zero-order valence-electron chi connectivity index (χ0n) is 13.3. The Bertz CT molecular complexity index is 908. The lowest BCUT2D eigenvalue weighted by molar-refractivity contribution is -0.121. The fourth-order valence-electron chi connectivity index (χ4n) is 2.62. The number of carboxylic acids is 2. The highest BCUT2D eigenvalue weighted by Crippen LogP contribution is 2.35. The van der Waals surface area contributed by atoms with E-state index in [9.17, 15) is 24.3 Å². The number of nitrogens with zero attached hydrogens (tertiary/aromatic N) is 1. The van der Waals surface area contributed by atoms with Gasteiger partial charge in [-0.25, -0.2) is 14.5 Å². The van der Waals surface area contributed by atoms with Gasteiger partial charge in [0.2, 0.25) is 11.8 Å². The molecule has 0 aromatic heterocycles. The summed E-state index contributed by atoms with van der Waals surface area (Å²) in [7, 11) is 0. The molecule has 0 radical (unpaired) electrons. The summed E-state index contributed by atoms with van der Waals surface area (Å²) in [6, 6.07) is 11.7. The first-order valence-electron chi connectivity index (χ1n) is 7.57. The van der Waals surface area contributed by atoms with Gasteiger partial charge in [-0.05, 0) is 36.4 Å². The van der Waals surface area contributed by atoms with E-state index >= 15 is 0 Å². The fraction of sp³-hybridized carbons (Fsp3) is 0.111. The number of carbonyl (C=O) groups excluding carboxylic acids is 2. The average Bonchev–Trinajstić information content (AvgIpc) is 2.89. The standard InChI is InChI=1S/C18H13NO6S/c20-15-9-14(26-13-4-2-1-3-12(13)18(24)25)16(21)19(15)11-7-5-10(6-8-11)17(22)23/h1-8,14H,9H2,(H,22,23)(H,24,25). The molecule has 2 aromatic carbocycles. The highest BCUT2D eigenvalue weighted by atomic mass is 32.2. The molecule has 1 saturated heterocycles. The van der Waals surface area contributed by atoms with Gasteiger partial charge in [0.15, 0.2) is 0 Å². The number of carbonyl (C=O) groups is 4. The van der Waals surface area contributed by atoms with E-state index < -0.39 is 29.0 Å². The summed E-state index contributed by atoms with van der Waals surface area (Å²) < 4.78 is 0. The molecule has 0 saturated carbocycles. The van der Waals surface area contributed by atoms with Crippen LogP contribution in [0.2, 0.25) is 0 Å². The predicted octanol–water partition coefficient (Wildman–Crippen LogP) is 2.51. The number of hydrogen-bond donors (Lipinski definition) is 2. The molecule has 132 valence electrons. The van der Waals surface area contributed by atoms with Gasteiger partial charge < -0.3 is 10.2 Å². The minimum absolute atomic E-state index is 0.0501. The third-order valence-corrected chi connectivity index (χ3v) is 5.13. The van der Waals surface area contributed by atoms with Crippen LogP contribution in [-0.4, -0.2) is 39.2 Å². The van der Waals surface area contributed by atoms with Crippen LogP contribution in [-0.2, 0) is 9.59 Å². The Labute approximate surface area is 152 Å². The van der Waals surface area contributed by atoms with E-state index in [4.69, 9.17) is 5.11 Å². The molecule has 1 atom stereocenters. The summed E-state index contributed by atoms with van der Waals surface area (Å²) in [6.07, 6.45) is -0.0574. The van der Waals surface area contributed by atoms with Crippen molar-refractivity contribution in [1.82, 2.24) is 0 Å². The van der Waals surface area contributed by atoms with Crippen LogP contribution >= 0.6 is 11.8 Å². The van der Waals surface area contributed by atoms with E-state index in [1.54, 1.807) is 18.2 Å². The lowest BCUT2D eigenvalue weighted by Gasteiger charge is -2.15. The molecule has 1 heterocycles. The minimum Gasteiger partial charge on any atom is -0.478 e. The molecule has 2 amide bonds. The zero-order valence-corrected chi connectivity index (χ0v) is 14.1. The number of rotatable bonds is 5. The summed E-state index contributed by atoms with van der Waals surface area (Å²) in [5.74, 6) is -3.08. The maximum absolute atomic E-state index is 12.6. The van der Waals surface area contributed by atoms with Crippen LogP contribution in [0, 0.1) is 0 Å². The van der Waals surface area contributed by atoms with Gasteiger partial charge >= 0.3 is 11.9 Å². The Morgan fingerprint density at radius 2 is 1.62 bits per heavy atom. The van der Waals surface area contributed by atoms with Crippen molar-refractivity contribution in [3.63, 3.8) is 0 Å². The number of imide groups is 1. The molecular formula is C18H13NO6S. The number of aromatic carboxylic acids is 2. The number of hydrogen-bond acceptors (Lipinski definition) is 5. The van der Waals surface area contributed by atoms with Crippen molar-refractivity contribution in [2.75, 3.05) is 4.90 Å². The third-order valence-electron chi connectivity index (χ3n) is 3.86. The Morgan fingerprint density at radius 3 is 2.23 bits per heavy atom. The molecule has 0 spiro atoms. The van der Waals surface area contributed by atoms with Crippen LogP contribution in [0.5, 0.6) is 0 Å². The Morgan fingerprint density at radius 1 is 0.962 bits per heavy atom. The van der Waals surface area contributed by atoms with Crippen LogP contribution in [0.15, 0.2) is 53.4 Å². The second kappa shape index (κ2) is 7.01. The van der Waals surface area contributed by atoms with Gasteiger partial charge in [-0.1, -0.05) is 12.1 Å². The topological polar surface area (TPSA) is 112 Å². The fourth-order valence-corrected chi connectivity index (χ4v) is 3.80. The van der Waals surface area contributed by atoms with Crippen molar-refractivity contribution < 1.29 is 29.4 Å². The number of thioether (sulfide) groups is 1. The molecule has 3 rings (SSSR count). The summed E-state index contributed by atoms with van der Waals surface area (Å²) in [5, 5.41) is 17.4. The Hall–Kier alpha value is -3.13. The van der Waals surface area contributed by atoms with Gasteiger partial charge in [-0.3, -0.25) is 9.59 Å². The van der Waals surface area contributed by atoms with E-state index in [1.165, 1.54) is 30.3 Å². The molecule has 8 heteroatoms. The molecule has 0 aliphatic carbocycles. The first kappa shape index (κ1) is 17.7. The smallest absolute Gasteiger partial charge is 0.336 e. The number of carboxylic acid groups (broad SMARTS) is 2.